The Morgan fingerprint density at radius 3 is 0.833 bits per heavy atom. The fourth-order valence-corrected chi connectivity index (χ4v) is 11.3. The van der Waals surface area contributed by atoms with Gasteiger partial charge in [-0.15, -0.1) is 0 Å². The van der Waals surface area contributed by atoms with E-state index in [1.165, 1.54) is 24.3 Å². The molecule has 4 aliphatic rings. The van der Waals surface area contributed by atoms with E-state index < -0.39 is 90.0 Å². The minimum absolute atomic E-state index is 0.342. The van der Waals surface area contributed by atoms with Gasteiger partial charge in [-0.05, 0) is 93.9 Å². The first kappa shape index (κ1) is 36.8. The van der Waals surface area contributed by atoms with Crippen LogP contribution in [0.1, 0.15) is 126 Å². The van der Waals surface area contributed by atoms with E-state index in [0.717, 1.165) is 0 Å². The number of aromatic hydroxyl groups is 12. The van der Waals surface area contributed by atoms with Crippen molar-refractivity contribution < 1.29 is 61.3 Å². The Bertz CT molecular complexity index is 2170. The van der Waals surface area contributed by atoms with E-state index in [0.29, 0.717) is 70.2 Å². The highest BCUT2D eigenvalue weighted by molar-refractivity contribution is 5.74. The predicted molar refractivity (Wildman–Crippen MR) is 198 cm³/mol. The average Bonchev–Trinajstić information content (AvgIpc) is 3.59. The lowest BCUT2D eigenvalue weighted by molar-refractivity contribution is 0.325. The third kappa shape index (κ3) is 4.48. The van der Waals surface area contributed by atoms with Gasteiger partial charge < -0.3 is 61.3 Å². The molecule has 12 nitrogen and oxygen atoms in total. The van der Waals surface area contributed by atoms with Crippen LogP contribution in [0, 0.1) is 0 Å². The summed E-state index contributed by atoms with van der Waals surface area (Å²) in [5.41, 5.74) is 1.17. The average molecular weight is 745 g/mol. The molecule has 8 rings (SSSR count). The van der Waals surface area contributed by atoms with Crippen molar-refractivity contribution in [1.82, 2.24) is 0 Å². The zero-order valence-corrected chi connectivity index (χ0v) is 31.5. The minimum atomic E-state index is -0.873. The summed E-state index contributed by atoms with van der Waals surface area (Å²) < 4.78 is 0. The maximum Gasteiger partial charge on any atom is 0.200 e. The molecule has 4 aromatic rings. The van der Waals surface area contributed by atoms with Crippen molar-refractivity contribution in [3.63, 3.8) is 0 Å². The van der Waals surface area contributed by atoms with Crippen LogP contribution >= 0.6 is 0 Å². The molecule has 0 aliphatic heterocycles. The molecular weight excluding hydrogens is 696 g/mol. The highest BCUT2D eigenvalue weighted by atomic mass is 16.3. The minimum Gasteiger partial charge on any atom is -0.504 e. The largest absolute Gasteiger partial charge is 0.504 e. The number of hydrogen-bond acceptors (Lipinski definition) is 12. The van der Waals surface area contributed by atoms with Crippen LogP contribution in [0.2, 0.25) is 0 Å². The second kappa shape index (κ2) is 10.6. The fraction of sp³-hybridized carbons (Fsp3) is 0.429. The van der Waals surface area contributed by atoms with E-state index in [2.05, 4.69) is 0 Å². The molecule has 2 spiro atoms. The van der Waals surface area contributed by atoms with Gasteiger partial charge in [-0.1, -0.05) is 55.4 Å². The summed E-state index contributed by atoms with van der Waals surface area (Å²) in [6.45, 7) is 15.7. The Labute approximate surface area is 312 Å². The van der Waals surface area contributed by atoms with Crippen LogP contribution in [0.4, 0.5) is 0 Å². The number of benzene rings is 4. The van der Waals surface area contributed by atoms with Gasteiger partial charge in [0.25, 0.3) is 0 Å². The van der Waals surface area contributed by atoms with Crippen LogP contribution in [0.15, 0.2) is 24.3 Å². The van der Waals surface area contributed by atoms with E-state index >= 15 is 0 Å². The van der Waals surface area contributed by atoms with Crippen LogP contribution in [0.25, 0.3) is 0 Å². The van der Waals surface area contributed by atoms with Gasteiger partial charge in [0, 0.05) is 33.1 Å². The molecule has 0 saturated carbocycles. The lowest BCUT2D eigenvalue weighted by Gasteiger charge is -2.31. The predicted octanol–water partition coefficient (Wildman–Crippen LogP) is 7.14. The number of rotatable bonds is 0. The SMILES string of the molecule is CC1(C)CC2(CC(C)(C)c3c2cc(O)c(O)c3O)c2cc(O)c(O)c(O)c21.CC1(C)CC2(CC(C)(C)c3cc(O)c(O)c(O)c32)c2c1cc(O)c(O)c2O. The van der Waals surface area contributed by atoms with Crippen molar-refractivity contribution >= 4 is 0 Å². The molecule has 288 valence electrons. The molecule has 0 amide bonds. The van der Waals surface area contributed by atoms with E-state index in [9.17, 15) is 61.3 Å². The zero-order valence-electron chi connectivity index (χ0n) is 31.5. The summed E-state index contributed by atoms with van der Waals surface area (Å²) in [4.78, 5) is 0. The van der Waals surface area contributed by atoms with Gasteiger partial charge in [0.1, 0.15) is 0 Å². The molecule has 0 saturated heterocycles. The smallest absolute Gasteiger partial charge is 0.200 e. The fourth-order valence-electron chi connectivity index (χ4n) is 11.3. The van der Waals surface area contributed by atoms with E-state index in [1.54, 1.807) is 0 Å². The molecule has 12 N–H and O–H groups in total. The van der Waals surface area contributed by atoms with Crippen LogP contribution in [-0.4, -0.2) is 61.3 Å². The quantitative estimate of drug-likeness (QED) is 0.0804. The van der Waals surface area contributed by atoms with Crippen LogP contribution in [-0.2, 0) is 32.5 Å². The lowest BCUT2D eigenvalue weighted by Crippen LogP contribution is -2.27. The Kier molecular flexibility index (Phi) is 7.21. The van der Waals surface area contributed by atoms with Gasteiger partial charge in [0.15, 0.2) is 46.0 Å². The molecular formula is C42H48O12. The number of phenolic OH excluding ortho intramolecular Hbond substituents is 12. The second-order valence-corrected chi connectivity index (χ2v) is 18.5. The summed E-state index contributed by atoms with van der Waals surface area (Å²) in [6, 6.07) is 5.85. The topological polar surface area (TPSA) is 243 Å². The Morgan fingerprint density at radius 2 is 0.537 bits per heavy atom. The van der Waals surface area contributed by atoms with Crippen molar-refractivity contribution in [2.45, 2.75) is 114 Å². The van der Waals surface area contributed by atoms with Crippen molar-refractivity contribution in [2.75, 3.05) is 0 Å². The molecule has 0 atom stereocenters. The maximum absolute atomic E-state index is 10.8. The standard InChI is InChI=1S/2C21H24O6/c1-19(2)7-21(9-5-11(22)15(24)17(26)13(9)19)8-20(3,4)14-10(21)6-12(23)16(25)18(14)27;1-19(2)7-21(13-9(19)5-11(22)15(24)17(13)26)8-20(3,4)10-6-12(23)16(25)18(27)14(10)21/h2*5-6,22-27H,7-8H2,1-4H3. The third-order valence-electron chi connectivity index (χ3n) is 12.8. The van der Waals surface area contributed by atoms with Gasteiger partial charge in [-0.2, -0.15) is 0 Å². The van der Waals surface area contributed by atoms with Crippen LogP contribution < -0.4 is 0 Å². The number of fused-ring (bicyclic) bond motifs is 8. The van der Waals surface area contributed by atoms with E-state index in [1.807, 2.05) is 55.4 Å². The van der Waals surface area contributed by atoms with E-state index in [4.69, 9.17) is 0 Å². The molecule has 0 unspecified atom stereocenters. The maximum atomic E-state index is 10.8. The van der Waals surface area contributed by atoms with E-state index in [-0.39, 0.29) is 11.5 Å². The first-order chi connectivity index (χ1) is 24.7. The molecule has 12 heteroatoms. The van der Waals surface area contributed by atoms with Crippen LogP contribution in [0.5, 0.6) is 69.0 Å². The highest BCUT2D eigenvalue weighted by Crippen LogP contribution is 2.70. The Morgan fingerprint density at radius 1 is 0.296 bits per heavy atom. The summed E-state index contributed by atoms with van der Waals surface area (Å²) in [7, 11) is 0. The lowest BCUT2D eigenvalue weighted by atomic mass is 9.72. The molecule has 0 radical (unpaired) electrons. The first-order valence-corrected chi connectivity index (χ1v) is 17.8. The molecule has 4 aromatic carbocycles. The Balaban J connectivity index is 0.000000167. The van der Waals surface area contributed by atoms with Crippen molar-refractivity contribution in [3.8, 4) is 69.0 Å². The molecule has 0 bridgehead atoms. The van der Waals surface area contributed by atoms with Crippen molar-refractivity contribution in [2.24, 2.45) is 0 Å². The third-order valence-corrected chi connectivity index (χ3v) is 12.8. The van der Waals surface area contributed by atoms with Gasteiger partial charge in [0.2, 0.25) is 23.0 Å². The molecule has 4 aliphatic carbocycles. The summed E-state index contributed by atoms with van der Waals surface area (Å²) in [5.74, 6) is -5.42. The normalized spacial score (nSPS) is 20.6. The van der Waals surface area contributed by atoms with Gasteiger partial charge in [0.05, 0.1) is 0 Å². The summed E-state index contributed by atoms with van der Waals surface area (Å²) in [5, 5.41) is 123. The monoisotopic (exact) mass is 744 g/mol. The summed E-state index contributed by atoms with van der Waals surface area (Å²) in [6.07, 6.45) is 2.09. The van der Waals surface area contributed by atoms with Gasteiger partial charge in [-0.25, -0.2) is 0 Å². The van der Waals surface area contributed by atoms with Crippen LogP contribution in [0.3, 0.4) is 0 Å². The van der Waals surface area contributed by atoms with Gasteiger partial charge in [-0.3, -0.25) is 0 Å². The molecule has 0 aromatic heterocycles. The van der Waals surface area contributed by atoms with Crippen molar-refractivity contribution in [3.05, 3.63) is 68.8 Å². The zero-order chi connectivity index (χ0) is 40.2. The molecule has 0 heterocycles. The second-order valence-electron chi connectivity index (χ2n) is 18.5. The summed E-state index contributed by atoms with van der Waals surface area (Å²) >= 11 is 0. The van der Waals surface area contributed by atoms with Gasteiger partial charge >= 0.3 is 0 Å². The van der Waals surface area contributed by atoms with Crippen molar-refractivity contribution in [1.29, 1.82) is 0 Å². The molecule has 54 heavy (non-hydrogen) atoms. The molecule has 0 fully saturated rings. The number of phenols is 12. The highest BCUT2D eigenvalue weighted by Gasteiger charge is 2.61. The first-order valence-electron chi connectivity index (χ1n) is 17.8. The number of hydrogen-bond donors (Lipinski definition) is 12. The Hall–Kier alpha value is -5.52.